The summed E-state index contributed by atoms with van der Waals surface area (Å²) in [6, 6.07) is 8.34. The molecule has 8 heteroatoms. The Hall–Kier alpha value is -3.29. The number of H-pyrrole nitrogens is 1. The summed E-state index contributed by atoms with van der Waals surface area (Å²) in [5.74, 6) is -1.07. The summed E-state index contributed by atoms with van der Waals surface area (Å²) in [5, 5.41) is 3.24. The van der Waals surface area contributed by atoms with Crippen molar-refractivity contribution in [3.63, 3.8) is 0 Å². The van der Waals surface area contributed by atoms with E-state index in [0.29, 0.717) is 42.7 Å². The van der Waals surface area contributed by atoms with E-state index in [2.05, 4.69) is 15.3 Å². The molecule has 0 aliphatic carbocycles. The van der Waals surface area contributed by atoms with Gasteiger partial charge in [0.25, 0.3) is 11.8 Å². The summed E-state index contributed by atoms with van der Waals surface area (Å²) >= 11 is 0. The topological polar surface area (TPSA) is 78.1 Å². The van der Waals surface area contributed by atoms with Crippen LogP contribution in [-0.2, 0) is 11.3 Å². The van der Waals surface area contributed by atoms with Gasteiger partial charge in [-0.15, -0.1) is 0 Å². The molecule has 3 aromatic rings. The average Bonchev–Trinajstić information content (AvgIpc) is 3.22. The Bertz CT molecular complexity index is 1070. The van der Waals surface area contributed by atoms with Crippen molar-refractivity contribution in [2.45, 2.75) is 25.3 Å². The Morgan fingerprint density at radius 2 is 2.03 bits per heavy atom. The van der Waals surface area contributed by atoms with Crippen LogP contribution in [0.5, 0.6) is 0 Å². The molecule has 0 radical (unpaired) electrons. The van der Waals surface area contributed by atoms with Crippen molar-refractivity contribution in [1.82, 2.24) is 20.2 Å². The fourth-order valence-corrected chi connectivity index (χ4v) is 3.96. The van der Waals surface area contributed by atoms with Gasteiger partial charge >= 0.3 is 0 Å². The van der Waals surface area contributed by atoms with Crippen LogP contribution in [0.4, 0.5) is 8.78 Å². The molecule has 1 aliphatic heterocycles. The van der Waals surface area contributed by atoms with Gasteiger partial charge in [0, 0.05) is 37.4 Å². The van der Waals surface area contributed by atoms with Gasteiger partial charge in [0.2, 0.25) is 0 Å². The van der Waals surface area contributed by atoms with E-state index in [9.17, 15) is 18.4 Å². The third-order valence-corrected chi connectivity index (χ3v) is 5.57. The van der Waals surface area contributed by atoms with Crippen molar-refractivity contribution >= 4 is 22.8 Å². The highest BCUT2D eigenvalue weighted by atomic mass is 19.1. The first-order valence-electron chi connectivity index (χ1n) is 9.89. The molecular weight excluding hydrogens is 390 g/mol. The number of halogens is 2. The number of carbonyl (C=O) groups is 2. The molecule has 0 bridgehead atoms. The molecule has 4 rings (SSSR count). The van der Waals surface area contributed by atoms with Gasteiger partial charge < -0.3 is 15.2 Å². The van der Waals surface area contributed by atoms with Crippen LogP contribution in [0.15, 0.2) is 42.7 Å². The standard InChI is InChI=1S/C22H22F2N4O2/c23-11-20(29)26-12-14-3-4-19(24)17(10-14)15-5-8-28(9-6-15)22(30)18-13-27-21-16(18)2-1-7-25-21/h1-4,7,10,13,15H,5-6,8-9,11-12H2,(H,25,27)(H,26,29). The van der Waals surface area contributed by atoms with Crippen molar-refractivity contribution < 1.29 is 18.4 Å². The lowest BCUT2D eigenvalue weighted by molar-refractivity contribution is -0.122. The van der Waals surface area contributed by atoms with Crippen LogP contribution in [-0.4, -0.2) is 46.4 Å². The second-order valence-corrected chi connectivity index (χ2v) is 7.43. The van der Waals surface area contributed by atoms with Crippen LogP contribution >= 0.6 is 0 Å². The molecular formula is C22H22F2N4O2. The number of fused-ring (bicyclic) bond motifs is 1. The van der Waals surface area contributed by atoms with E-state index in [-0.39, 0.29) is 24.2 Å². The van der Waals surface area contributed by atoms with Gasteiger partial charge in [-0.05, 0) is 48.1 Å². The lowest BCUT2D eigenvalue weighted by Gasteiger charge is -2.32. The Morgan fingerprint density at radius 3 is 2.80 bits per heavy atom. The molecule has 30 heavy (non-hydrogen) atoms. The zero-order chi connectivity index (χ0) is 21.1. The lowest BCUT2D eigenvalue weighted by Crippen LogP contribution is -2.38. The maximum Gasteiger partial charge on any atom is 0.256 e. The first kappa shape index (κ1) is 20.0. The number of likely N-dealkylation sites (tertiary alicyclic amines) is 1. The number of aromatic amines is 1. The van der Waals surface area contributed by atoms with Crippen LogP contribution in [0.1, 0.15) is 40.2 Å². The van der Waals surface area contributed by atoms with E-state index in [1.807, 2.05) is 6.07 Å². The maximum atomic E-state index is 14.4. The second kappa shape index (κ2) is 8.61. The largest absolute Gasteiger partial charge is 0.350 e. The number of nitrogens with zero attached hydrogens (tertiary/aromatic N) is 2. The van der Waals surface area contributed by atoms with Crippen LogP contribution in [0.3, 0.4) is 0 Å². The second-order valence-electron chi connectivity index (χ2n) is 7.43. The zero-order valence-corrected chi connectivity index (χ0v) is 16.3. The number of amides is 2. The van der Waals surface area contributed by atoms with Crippen molar-refractivity contribution in [2.75, 3.05) is 19.8 Å². The molecule has 0 saturated carbocycles. The normalized spacial score (nSPS) is 14.8. The molecule has 0 unspecified atom stereocenters. The van der Waals surface area contributed by atoms with E-state index in [0.717, 1.165) is 10.9 Å². The van der Waals surface area contributed by atoms with Gasteiger partial charge in [-0.2, -0.15) is 0 Å². The molecule has 2 amide bonds. The number of pyridine rings is 1. The number of nitrogens with one attached hydrogen (secondary N) is 2. The van der Waals surface area contributed by atoms with Gasteiger partial charge in [0.1, 0.15) is 11.5 Å². The third kappa shape index (κ3) is 4.03. The molecule has 0 atom stereocenters. The molecule has 3 heterocycles. The molecule has 156 valence electrons. The average molecular weight is 412 g/mol. The third-order valence-electron chi connectivity index (χ3n) is 5.57. The summed E-state index contributed by atoms with van der Waals surface area (Å²) < 4.78 is 26.7. The first-order valence-corrected chi connectivity index (χ1v) is 9.89. The molecule has 1 aliphatic rings. The molecule has 1 aromatic carbocycles. The molecule has 0 spiro atoms. The molecule has 1 fully saturated rings. The molecule has 6 nitrogen and oxygen atoms in total. The quantitative estimate of drug-likeness (QED) is 0.675. The predicted octanol–water partition coefficient (Wildman–Crippen LogP) is 3.31. The van der Waals surface area contributed by atoms with E-state index < -0.39 is 12.6 Å². The highest BCUT2D eigenvalue weighted by molar-refractivity contribution is 6.05. The number of piperidine rings is 1. The minimum absolute atomic E-state index is 0.0180. The lowest BCUT2D eigenvalue weighted by atomic mass is 9.88. The number of alkyl halides is 1. The monoisotopic (exact) mass is 412 g/mol. The number of aromatic nitrogens is 2. The van der Waals surface area contributed by atoms with Gasteiger partial charge in [-0.3, -0.25) is 9.59 Å². The van der Waals surface area contributed by atoms with Gasteiger partial charge in [-0.1, -0.05) is 12.1 Å². The SMILES string of the molecule is O=C(CF)NCc1ccc(F)c(C2CCN(C(=O)c3c[nH]c4ncccc34)CC2)c1. The molecule has 1 saturated heterocycles. The highest BCUT2D eigenvalue weighted by Crippen LogP contribution is 2.31. The van der Waals surface area contributed by atoms with E-state index >= 15 is 0 Å². The molecule has 2 N–H and O–H groups in total. The maximum absolute atomic E-state index is 14.4. The summed E-state index contributed by atoms with van der Waals surface area (Å²) in [6.07, 6.45) is 4.64. The minimum Gasteiger partial charge on any atom is -0.350 e. The number of carbonyl (C=O) groups excluding carboxylic acids is 2. The minimum atomic E-state index is -1.08. The molecule has 2 aromatic heterocycles. The number of hydrogen-bond donors (Lipinski definition) is 2. The van der Waals surface area contributed by atoms with Crippen molar-refractivity contribution in [2.24, 2.45) is 0 Å². The Labute approximate surface area is 172 Å². The van der Waals surface area contributed by atoms with E-state index in [4.69, 9.17) is 0 Å². The Kier molecular flexibility index (Phi) is 5.74. The summed E-state index contributed by atoms with van der Waals surface area (Å²) in [7, 11) is 0. The Balaban J connectivity index is 1.43. The fourth-order valence-electron chi connectivity index (χ4n) is 3.96. The summed E-state index contributed by atoms with van der Waals surface area (Å²) in [5.41, 5.74) is 2.56. The van der Waals surface area contributed by atoms with Crippen molar-refractivity contribution in [3.05, 3.63) is 65.2 Å². The van der Waals surface area contributed by atoms with Crippen molar-refractivity contribution in [1.29, 1.82) is 0 Å². The number of hydrogen-bond acceptors (Lipinski definition) is 3. The van der Waals surface area contributed by atoms with Crippen LogP contribution in [0.25, 0.3) is 11.0 Å². The van der Waals surface area contributed by atoms with Crippen molar-refractivity contribution in [3.8, 4) is 0 Å². The van der Waals surface area contributed by atoms with E-state index in [1.54, 1.807) is 35.5 Å². The van der Waals surface area contributed by atoms with E-state index in [1.165, 1.54) is 6.07 Å². The first-order chi connectivity index (χ1) is 14.6. The van der Waals surface area contributed by atoms with Crippen LogP contribution < -0.4 is 5.32 Å². The Morgan fingerprint density at radius 1 is 1.23 bits per heavy atom. The van der Waals surface area contributed by atoms with Crippen LogP contribution in [0.2, 0.25) is 0 Å². The fraction of sp³-hybridized carbons (Fsp3) is 0.318. The zero-order valence-electron chi connectivity index (χ0n) is 16.3. The summed E-state index contributed by atoms with van der Waals surface area (Å²) in [6.45, 7) is 0.131. The van der Waals surface area contributed by atoms with Crippen LogP contribution in [0, 0.1) is 5.82 Å². The number of rotatable bonds is 5. The smallest absolute Gasteiger partial charge is 0.256 e. The predicted molar refractivity (Wildman–Crippen MR) is 108 cm³/mol. The van der Waals surface area contributed by atoms with Gasteiger partial charge in [0.05, 0.1) is 5.56 Å². The summed E-state index contributed by atoms with van der Waals surface area (Å²) in [4.78, 5) is 33.1. The van der Waals surface area contributed by atoms with Gasteiger partial charge in [-0.25, -0.2) is 13.8 Å². The highest BCUT2D eigenvalue weighted by Gasteiger charge is 2.27. The van der Waals surface area contributed by atoms with Gasteiger partial charge in [0.15, 0.2) is 6.67 Å². The number of benzene rings is 1.